The smallest absolute Gasteiger partial charge is 0.246 e. The maximum absolute atomic E-state index is 12.7. The average Bonchev–Trinajstić information content (AvgIpc) is 3.00. The highest BCUT2D eigenvalue weighted by atomic mass is 16.2. The zero-order valence-corrected chi connectivity index (χ0v) is 13.7. The van der Waals surface area contributed by atoms with Crippen molar-refractivity contribution in [2.45, 2.75) is 64.2 Å². The fourth-order valence-electron chi connectivity index (χ4n) is 3.71. The number of rotatable bonds is 4. The van der Waals surface area contributed by atoms with E-state index in [0.29, 0.717) is 6.54 Å². The monoisotopic (exact) mass is 315 g/mol. The summed E-state index contributed by atoms with van der Waals surface area (Å²) in [5, 5.41) is 9.27. The van der Waals surface area contributed by atoms with Gasteiger partial charge in [0.05, 0.1) is 0 Å². The van der Waals surface area contributed by atoms with Crippen molar-refractivity contribution in [3.8, 4) is 0 Å². The Hall–Kier alpha value is -1.88. The summed E-state index contributed by atoms with van der Waals surface area (Å²) >= 11 is 0. The van der Waals surface area contributed by atoms with E-state index >= 15 is 0 Å². The second-order valence-electron chi connectivity index (χ2n) is 6.71. The molecule has 1 aliphatic carbocycles. The number of fused-ring (bicyclic) bond motifs is 1. The number of carbonyl (C=O) groups is 2. The Bertz CT molecular complexity index is 606. The van der Waals surface area contributed by atoms with Crippen molar-refractivity contribution >= 4 is 11.8 Å². The van der Waals surface area contributed by atoms with Crippen LogP contribution >= 0.6 is 0 Å². The topological polar surface area (TPSA) is 70.2 Å². The van der Waals surface area contributed by atoms with Gasteiger partial charge in [0.2, 0.25) is 11.8 Å². The predicted octanol–water partition coefficient (Wildman–Crippen LogP) is 1.74. The molecule has 1 aromatic rings. The van der Waals surface area contributed by atoms with E-state index in [4.69, 9.17) is 0 Å². The molecule has 2 amide bonds. The quantitative estimate of drug-likeness (QED) is 0.793. The Labute approximate surface area is 137 Å². The molecule has 0 bridgehead atoms. The molecular formula is C18H25N3O2. The van der Waals surface area contributed by atoms with Crippen LogP contribution in [0, 0.1) is 0 Å². The summed E-state index contributed by atoms with van der Waals surface area (Å²) in [6, 6.07) is 6.35. The van der Waals surface area contributed by atoms with Crippen molar-refractivity contribution in [2.75, 3.05) is 0 Å². The summed E-state index contributed by atoms with van der Waals surface area (Å²) in [7, 11) is 0. The summed E-state index contributed by atoms with van der Waals surface area (Å²) in [4.78, 5) is 24.3. The second kappa shape index (κ2) is 6.71. The molecule has 0 spiro atoms. The third-order valence-corrected chi connectivity index (χ3v) is 4.91. The average molecular weight is 315 g/mol. The fraction of sp³-hybridized carbons (Fsp3) is 0.556. The van der Waals surface area contributed by atoms with Gasteiger partial charge in [-0.15, -0.1) is 0 Å². The molecule has 0 radical (unpaired) electrons. The summed E-state index contributed by atoms with van der Waals surface area (Å²) < 4.78 is 0. The highest BCUT2D eigenvalue weighted by molar-refractivity contribution is 5.91. The van der Waals surface area contributed by atoms with E-state index in [-0.39, 0.29) is 11.8 Å². The third kappa shape index (κ3) is 3.55. The molecule has 124 valence electrons. The summed E-state index contributed by atoms with van der Waals surface area (Å²) in [5.41, 5.74) is 3.03. The van der Waals surface area contributed by atoms with Crippen LogP contribution in [-0.4, -0.2) is 17.4 Å². The molecule has 1 fully saturated rings. The molecule has 0 unspecified atom stereocenters. The Balaban J connectivity index is 1.66. The van der Waals surface area contributed by atoms with Crippen LogP contribution < -0.4 is 16.0 Å². The van der Waals surface area contributed by atoms with E-state index in [0.717, 1.165) is 50.8 Å². The molecule has 0 aromatic heterocycles. The highest BCUT2D eigenvalue weighted by Gasteiger charge is 2.39. The minimum Gasteiger partial charge on any atom is -0.350 e. The van der Waals surface area contributed by atoms with Crippen molar-refractivity contribution in [1.82, 2.24) is 16.0 Å². The molecule has 3 rings (SSSR count). The van der Waals surface area contributed by atoms with Crippen LogP contribution in [0.3, 0.4) is 0 Å². The minimum atomic E-state index is -0.720. The lowest BCUT2D eigenvalue weighted by atomic mass is 9.80. The Kier molecular flexibility index (Phi) is 4.66. The normalized spacial score (nSPS) is 19.0. The van der Waals surface area contributed by atoms with E-state index in [1.54, 1.807) is 0 Å². The van der Waals surface area contributed by atoms with Gasteiger partial charge in [-0.3, -0.25) is 9.59 Å². The van der Waals surface area contributed by atoms with Crippen molar-refractivity contribution in [2.24, 2.45) is 0 Å². The van der Waals surface area contributed by atoms with Crippen molar-refractivity contribution < 1.29 is 9.59 Å². The van der Waals surface area contributed by atoms with E-state index in [1.807, 2.05) is 0 Å². The first-order chi connectivity index (χ1) is 11.1. The fourth-order valence-corrected chi connectivity index (χ4v) is 3.71. The maximum Gasteiger partial charge on any atom is 0.246 e. The SMILES string of the molecule is CC(=O)NC1(C(=O)NCc2ccc3c(c2)CNC3)CCCCC1. The molecule has 1 heterocycles. The van der Waals surface area contributed by atoms with E-state index < -0.39 is 5.54 Å². The first-order valence-electron chi connectivity index (χ1n) is 8.47. The second-order valence-corrected chi connectivity index (χ2v) is 6.71. The molecule has 3 N–H and O–H groups in total. The van der Waals surface area contributed by atoms with E-state index in [9.17, 15) is 9.59 Å². The van der Waals surface area contributed by atoms with Gasteiger partial charge in [0, 0.05) is 26.6 Å². The summed E-state index contributed by atoms with van der Waals surface area (Å²) in [5.74, 6) is -0.184. The van der Waals surface area contributed by atoms with Gasteiger partial charge in [-0.05, 0) is 29.5 Å². The first kappa shape index (κ1) is 16.0. The predicted molar refractivity (Wildman–Crippen MR) is 88.5 cm³/mol. The van der Waals surface area contributed by atoms with E-state index in [2.05, 4.69) is 34.1 Å². The molecule has 5 heteroatoms. The lowest BCUT2D eigenvalue weighted by Crippen LogP contribution is -2.59. The Morgan fingerprint density at radius 2 is 1.87 bits per heavy atom. The summed E-state index contributed by atoms with van der Waals surface area (Å²) in [6.07, 6.45) is 4.56. The van der Waals surface area contributed by atoms with Gasteiger partial charge >= 0.3 is 0 Å². The van der Waals surface area contributed by atoms with Gasteiger partial charge in [-0.25, -0.2) is 0 Å². The number of amides is 2. The van der Waals surface area contributed by atoms with Crippen molar-refractivity contribution in [3.05, 3.63) is 34.9 Å². The first-order valence-corrected chi connectivity index (χ1v) is 8.47. The highest BCUT2D eigenvalue weighted by Crippen LogP contribution is 2.28. The van der Waals surface area contributed by atoms with Gasteiger partial charge in [0.25, 0.3) is 0 Å². The molecule has 1 aliphatic heterocycles. The third-order valence-electron chi connectivity index (χ3n) is 4.91. The Morgan fingerprint density at radius 3 is 2.61 bits per heavy atom. The molecule has 2 aliphatic rings. The van der Waals surface area contributed by atoms with Gasteiger partial charge in [0.1, 0.15) is 5.54 Å². The number of nitrogens with one attached hydrogen (secondary N) is 3. The van der Waals surface area contributed by atoms with Crippen LogP contribution in [0.4, 0.5) is 0 Å². The molecule has 0 saturated heterocycles. The maximum atomic E-state index is 12.7. The van der Waals surface area contributed by atoms with Gasteiger partial charge in [-0.2, -0.15) is 0 Å². The van der Waals surface area contributed by atoms with E-state index in [1.165, 1.54) is 18.1 Å². The van der Waals surface area contributed by atoms with Crippen LogP contribution in [0.5, 0.6) is 0 Å². The lowest BCUT2D eigenvalue weighted by molar-refractivity contribution is -0.134. The minimum absolute atomic E-state index is 0.0500. The molecular weight excluding hydrogens is 290 g/mol. The number of hydrogen-bond acceptors (Lipinski definition) is 3. The van der Waals surface area contributed by atoms with Gasteiger partial charge in [-0.1, -0.05) is 37.5 Å². The standard InChI is InChI=1S/C18H25N3O2/c1-13(22)21-18(7-3-2-4-8-18)17(23)20-10-14-5-6-15-11-19-12-16(15)9-14/h5-6,9,19H,2-4,7-8,10-12H2,1H3,(H,20,23)(H,21,22). The molecule has 0 atom stereocenters. The molecule has 5 nitrogen and oxygen atoms in total. The van der Waals surface area contributed by atoms with Crippen molar-refractivity contribution in [1.29, 1.82) is 0 Å². The van der Waals surface area contributed by atoms with Crippen molar-refractivity contribution in [3.63, 3.8) is 0 Å². The van der Waals surface area contributed by atoms with Crippen LogP contribution in [0.1, 0.15) is 55.7 Å². The molecule has 1 saturated carbocycles. The zero-order chi connectivity index (χ0) is 16.3. The molecule has 23 heavy (non-hydrogen) atoms. The molecule has 1 aromatic carbocycles. The van der Waals surface area contributed by atoms with Crippen LogP contribution in [0.15, 0.2) is 18.2 Å². The lowest BCUT2D eigenvalue weighted by Gasteiger charge is -2.36. The van der Waals surface area contributed by atoms with Crippen LogP contribution in [-0.2, 0) is 29.2 Å². The Morgan fingerprint density at radius 1 is 1.13 bits per heavy atom. The largest absolute Gasteiger partial charge is 0.350 e. The van der Waals surface area contributed by atoms with Gasteiger partial charge < -0.3 is 16.0 Å². The van der Waals surface area contributed by atoms with Gasteiger partial charge in [0.15, 0.2) is 0 Å². The zero-order valence-electron chi connectivity index (χ0n) is 13.7. The van der Waals surface area contributed by atoms with Crippen LogP contribution in [0.2, 0.25) is 0 Å². The number of hydrogen-bond donors (Lipinski definition) is 3. The van der Waals surface area contributed by atoms with Crippen LogP contribution in [0.25, 0.3) is 0 Å². The number of benzene rings is 1. The number of carbonyl (C=O) groups excluding carboxylic acids is 2. The summed E-state index contributed by atoms with van der Waals surface area (Å²) in [6.45, 7) is 3.81.